The third kappa shape index (κ3) is 2.89. The minimum Gasteiger partial charge on any atom is -0.461 e. The van der Waals surface area contributed by atoms with Crippen LogP contribution in [0.3, 0.4) is 0 Å². The first-order valence-electron chi connectivity index (χ1n) is 7.96. The Morgan fingerprint density at radius 2 is 2.08 bits per heavy atom. The largest absolute Gasteiger partial charge is 0.461 e. The van der Waals surface area contributed by atoms with E-state index in [-0.39, 0.29) is 12.4 Å². The minimum absolute atomic E-state index is 0.288. The van der Waals surface area contributed by atoms with Crippen LogP contribution in [0.4, 0.5) is 4.39 Å². The molecule has 4 nitrogen and oxygen atoms in total. The van der Waals surface area contributed by atoms with E-state index in [1.807, 2.05) is 28.8 Å². The van der Waals surface area contributed by atoms with Gasteiger partial charge in [-0.25, -0.2) is 14.2 Å². The van der Waals surface area contributed by atoms with Crippen LogP contribution >= 0.6 is 11.3 Å². The molecule has 0 unspecified atom stereocenters. The molecule has 2 aromatic heterocycles. The molecule has 0 fully saturated rings. The molecule has 0 saturated heterocycles. The lowest BCUT2D eigenvalue weighted by atomic mass is 10.2. The smallest absolute Gasteiger partial charge is 0.354 e. The maximum Gasteiger partial charge on any atom is 0.354 e. The molecule has 126 valence electrons. The van der Waals surface area contributed by atoms with Crippen LogP contribution in [0.15, 0.2) is 48.5 Å². The summed E-state index contributed by atoms with van der Waals surface area (Å²) in [6, 6.07) is 14.1. The molecule has 0 aliphatic carbocycles. The zero-order chi connectivity index (χ0) is 17.4. The van der Waals surface area contributed by atoms with Crippen LogP contribution in [0.25, 0.3) is 21.1 Å². The van der Waals surface area contributed by atoms with Crippen molar-refractivity contribution in [2.75, 3.05) is 6.61 Å². The van der Waals surface area contributed by atoms with Crippen molar-refractivity contribution in [3.05, 3.63) is 65.0 Å². The Labute approximate surface area is 147 Å². The van der Waals surface area contributed by atoms with Gasteiger partial charge in [-0.05, 0) is 43.3 Å². The number of hydrogen-bond donors (Lipinski definition) is 0. The molecule has 25 heavy (non-hydrogen) atoms. The number of hydrogen-bond acceptors (Lipinski definition) is 4. The third-order valence-electron chi connectivity index (χ3n) is 3.98. The average Bonchev–Trinajstić information content (AvgIpc) is 3.16. The van der Waals surface area contributed by atoms with E-state index in [4.69, 9.17) is 4.74 Å². The summed E-state index contributed by atoms with van der Waals surface area (Å²) in [4.78, 5) is 17.0. The first kappa shape index (κ1) is 15.8. The predicted octanol–water partition coefficient (Wildman–Crippen LogP) is 4.62. The Balaban J connectivity index is 1.83. The Hall–Kier alpha value is -2.73. The number of carbonyl (C=O) groups is 1. The van der Waals surface area contributed by atoms with E-state index in [1.54, 1.807) is 30.4 Å². The molecule has 6 heteroatoms. The second-order valence-corrected chi connectivity index (χ2v) is 6.73. The number of nitrogens with zero attached hydrogens (tertiary/aromatic N) is 2. The molecular formula is C19H15FN2O2S. The standard InChI is InChI=1S/C19H15FN2O2S/c1-2-24-19(23)16-10-12-9-13(20)7-8-15(12)22(16)11-18-21-14-5-3-4-6-17(14)25-18/h3-10H,2,11H2,1H3. The molecule has 0 radical (unpaired) electrons. The molecule has 0 atom stereocenters. The van der Waals surface area contributed by atoms with E-state index in [0.29, 0.717) is 17.6 Å². The van der Waals surface area contributed by atoms with Crippen molar-refractivity contribution in [3.63, 3.8) is 0 Å². The number of carbonyl (C=O) groups excluding carboxylic acids is 1. The second-order valence-electron chi connectivity index (χ2n) is 5.61. The van der Waals surface area contributed by atoms with Crippen LogP contribution in [-0.4, -0.2) is 22.1 Å². The zero-order valence-electron chi connectivity index (χ0n) is 13.5. The fourth-order valence-corrected chi connectivity index (χ4v) is 3.87. The van der Waals surface area contributed by atoms with Crippen molar-refractivity contribution in [2.24, 2.45) is 0 Å². The first-order valence-corrected chi connectivity index (χ1v) is 8.77. The molecule has 0 saturated carbocycles. The highest BCUT2D eigenvalue weighted by Gasteiger charge is 2.18. The van der Waals surface area contributed by atoms with Crippen LogP contribution < -0.4 is 0 Å². The number of halogens is 1. The predicted molar refractivity (Wildman–Crippen MR) is 96.6 cm³/mol. The van der Waals surface area contributed by atoms with Gasteiger partial charge < -0.3 is 9.30 Å². The summed E-state index contributed by atoms with van der Waals surface area (Å²) in [7, 11) is 0. The normalized spacial score (nSPS) is 11.3. The highest BCUT2D eigenvalue weighted by molar-refractivity contribution is 7.18. The van der Waals surface area contributed by atoms with Gasteiger partial charge in [0.25, 0.3) is 0 Å². The number of esters is 1. The highest BCUT2D eigenvalue weighted by atomic mass is 32.1. The molecule has 0 spiro atoms. The van der Waals surface area contributed by atoms with Crippen LogP contribution in [0.5, 0.6) is 0 Å². The van der Waals surface area contributed by atoms with Crippen molar-refractivity contribution in [1.29, 1.82) is 0 Å². The molecule has 0 amide bonds. The minimum atomic E-state index is -0.416. The van der Waals surface area contributed by atoms with Crippen LogP contribution in [0.1, 0.15) is 22.4 Å². The molecule has 0 aliphatic rings. The van der Waals surface area contributed by atoms with E-state index in [0.717, 1.165) is 20.7 Å². The third-order valence-corrected chi connectivity index (χ3v) is 5.00. The molecule has 0 bridgehead atoms. The van der Waals surface area contributed by atoms with Gasteiger partial charge in [-0.3, -0.25) is 0 Å². The molecule has 4 aromatic rings. The monoisotopic (exact) mass is 354 g/mol. The lowest BCUT2D eigenvalue weighted by Crippen LogP contribution is -2.12. The fourth-order valence-electron chi connectivity index (χ4n) is 2.91. The van der Waals surface area contributed by atoms with Crippen LogP contribution in [0, 0.1) is 5.82 Å². The number of fused-ring (bicyclic) bond motifs is 2. The summed E-state index contributed by atoms with van der Waals surface area (Å²) >= 11 is 1.58. The van der Waals surface area contributed by atoms with Crippen LogP contribution in [-0.2, 0) is 11.3 Å². The fraction of sp³-hybridized carbons (Fsp3) is 0.158. The van der Waals surface area contributed by atoms with Gasteiger partial charge in [-0.2, -0.15) is 0 Å². The van der Waals surface area contributed by atoms with Crippen molar-refractivity contribution in [2.45, 2.75) is 13.5 Å². The molecule has 2 heterocycles. The van der Waals surface area contributed by atoms with E-state index in [9.17, 15) is 9.18 Å². The van der Waals surface area contributed by atoms with Crippen molar-refractivity contribution < 1.29 is 13.9 Å². The van der Waals surface area contributed by atoms with Crippen LogP contribution in [0.2, 0.25) is 0 Å². The maximum atomic E-state index is 13.6. The van der Waals surface area contributed by atoms with Crippen molar-refractivity contribution in [1.82, 2.24) is 9.55 Å². The van der Waals surface area contributed by atoms with E-state index in [2.05, 4.69) is 4.98 Å². The summed E-state index contributed by atoms with van der Waals surface area (Å²) in [6.45, 7) is 2.48. The summed E-state index contributed by atoms with van der Waals surface area (Å²) < 4.78 is 21.6. The van der Waals surface area contributed by atoms with Gasteiger partial charge in [-0.15, -0.1) is 11.3 Å². The van der Waals surface area contributed by atoms with Gasteiger partial charge in [0.15, 0.2) is 0 Å². The number of aromatic nitrogens is 2. The number of benzene rings is 2. The van der Waals surface area contributed by atoms with Gasteiger partial charge in [0.2, 0.25) is 0 Å². The molecule has 0 N–H and O–H groups in total. The Kier molecular flexibility index (Phi) is 3.97. The van der Waals surface area contributed by atoms with Gasteiger partial charge in [0, 0.05) is 10.9 Å². The summed E-state index contributed by atoms with van der Waals surface area (Å²) in [5, 5.41) is 1.55. The van der Waals surface area contributed by atoms with Crippen molar-refractivity contribution >= 4 is 38.4 Å². The quantitative estimate of drug-likeness (QED) is 0.503. The number of thiazole rings is 1. The topological polar surface area (TPSA) is 44.1 Å². The van der Waals surface area contributed by atoms with E-state index >= 15 is 0 Å². The molecule has 0 aliphatic heterocycles. The van der Waals surface area contributed by atoms with E-state index in [1.165, 1.54) is 12.1 Å². The van der Waals surface area contributed by atoms with E-state index < -0.39 is 5.97 Å². The van der Waals surface area contributed by atoms with Gasteiger partial charge in [0.05, 0.1) is 23.4 Å². The summed E-state index contributed by atoms with van der Waals surface area (Å²) in [6.07, 6.45) is 0. The Bertz CT molecular complexity index is 1050. The number of ether oxygens (including phenoxy) is 1. The van der Waals surface area contributed by atoms with Gasteiger partial charge in [0.1, 0.15) is 16.5 Å². The van der Waals surface area contributed by atoms with Crippen molar-refractivity contribution in [3.8, 4) is 0 Å². The maximum absolute atomic E-state index is 13.6. The Morgan fingerprint density at radius 3 is 2.88 bits per heavy atom. The zero-order valence-corrected chi connectivity index (χ0v) is 14.3. The van der Waals surface area contributed by atoms with Gasteiger partial charge >= 0.3 is 5.97 Å². The summed E-state index contributed by atoms with van der Waals surface area (Å²) in [5.74, 6) is -0.750. The lowest BCUT2D eigenvalue weighted by molar-refractivity contribution is 0.0515. The lowest BCUT2D eigenvalue weighted by Gasteiger charge is -2.08. The Morgan fingerprint density at radius 1 is 1.24 bits per heavy atom. The highest BCUT2D eigenvalue weighted by Crippen LogP contribution is 2.26. The van der Waals surface area contributed by atoms with Gasteiger partial charge in [-0.1, -0.05) is 12.1 Å². The number of rotatable bonds is 4. The summed E-state index contributed by atoms with van der Waals surface area (Å²) in [5.41, 5.74) is 2.12. The second kappa shape index (κ2) is 6.29. The molecule has 2 aromatic carbocycles. The average molecular weight is 354 g/mol. The first-order chi connectivity index (χ1) is 12.2. The number of para-hydroxylation sites is 1. The SMILES string of the molecule is CCOC(=O)c1cc2cc(F)ccc2n1Cc1nc2ccccc2s1. The molecular weight excluding hydrogens is 339 g/mol. The molecule has 4 rings (SSSR count).